The molecule has 0 saturated heterocycles. The Morgan fingerprint density at radius 3 is 3.00 bits per heavy atom. The third kappa shape index (κ3) is 3.67. The smallest absolute Gasteiger partial charge is 0.258 e. The number of nitrogens with one attached hydrogen (secondary N) is 1. The molecule has 0 aliphatic heterocycles. The van der Waals surface area contributed by atoms with Crippen molar-refractivity contribution in [2.45, 2.75) is 32.2 Å². The SMILES string of the molecule is Cc1ccccc1OCC(=O)NCCn1ccnc1C1CC1. The summed E-state index contributed by atoms with van der Waals surface area (Å²) in [5.41, 5.74) is 1.03. The number of hydrogen-bond donors (Lipinski definition) is 1. The van der Waals surface area contributed by atoms with Gasteiger partial charge in [-0.1, -0.05) is 18.2 Å². The number of benzene rings is 1. The van der Waals surface area contributed by atoms with Crippen molar-refractivity contribution in [2.24, 2.45) is 0 Å². The van der Waals surface area contributed by atoms with Crippen molar-refractivity contribution >= 4 is 5.91 Å². The van der Waals surface area contributed by atoms with E-state index in [1.807, 2.05) is 43.6 Å². The quantitative estimate of drug-likeness (QED) is 0.853. The topological polar surface area (TPSA) is 56.1 Å². The summed E-state index contributed by atoms with van der Waals surface area (Å²) >= 11 is 0. The highest BCUT2D eigenvalue weighted by Crippen LogP contribution is 2.38. The van der Waals surface area contributed by atoms with Gasteiger partial charge in [-0.3, -0.25) is 4.79 Å². The molecule has 1 heterocycles. The van der Waals surface area contributed by atoms with Gasteiger partial charge in [0.1, 0.15) is 11.6 Å². The summed E-state index contributed by atoms with van der Waals surface area (Å²) < 4.78 is 7.65. The van der Waals surface area contributed by atoms with E-state index in [4.69, 9.17) is 4.74 Å². The minimum Gasteiger partial charge on any atom is -0.484 e. The van der Waals surface area contributed by atoms with Gasteiger partial charge < -0.3 is 14.6 Å². The molecule has 0 radical (unpaired) electrons. The van der Waals surface area contributed by atoms with Gasteiger partial charge in [-0.05, 0) is 31.4 Å². The molecule has 116 valence electrons. The second-order valence-electron chi connectivity index (χ2n) is 5.66. The van der Waals surface area contributed by atoms with E-state index in [2.05, 4.69) is 14.9 Å². The van der Waals surface area contributed by atoms with Crippen LogP contribution >= 0.6 is 0 Å². The van der Waals surface area contributed by atoms with E-state index in [-0.39, 0.29) is 12.5 Å². The highest BCUT2D eigenvalue weighted by atomic mass is 16.5. The van der Waals surface area contributed by atoms with Crippen LogP contribution in [0.3, 0.4) is 0 Å². The van der Waals surface area contributed by atoms with Crippen LogP contribution in [0.5, 0.6) is 5.75 Å². The Morgan fingerprint density at radius 1 is 1.41 bits per heavy atom. The number of carbonyl (C=O) groups excluding carboxylic acids is 1. The fourth-order valence-electron chi connectivity index (χ4n) is 2.44. The number of rotatable bonds is 7. The lowest BCUT2D eigenvalue weighted by Gasteiger charge is -2.10. The van der Waals surface area contributed by atoms with Gasteiger partial charge in [-0.15, -0.1) is 0 Å². The van der Waals surface area contributed by atoms with Crippen LogP contribution < -0.4 is 10.1 Å². The highest BCUT2D eigenvalue weighted by molar-refractivity contribution is 5.77. The minimum absolute atomic E-state index is 0.0459. The summed E-state index contributed by atoms with van der Waals surface area (Å²) in [7, 11) is 0. The second-order valence-corrected chi connectivity index (χ2v) is 5.66. The zero-order valence-corrected chi connectivity index (χ0v) is 12.8. The van der Waals surface area contributed by atoms with Crippen LogP contribution in [0.25, 0.3) is 0 Å². The molecule has 1 fully saturated rings. The Kier molecular flexibility index (Phi) is 4.42. The van der Waals surface area contributed by atoms with Gasteiger partial charge in [-0.2, -0.15) is 0 Å². The molecule has 5 nitrogen and oxygen atoms in total. The molecule has 1 aliphatic rings. The van der Waals surface area contributed by atoms with Crippen molar-refractivity contribution in [3.63, 3.8) is 0 Å². The second kappa shape index (κ2) is 6.64. The van der Waals surface area contributed by atoms with Crippen molar-refractivity contribution in [1.82, 2.24) is 14.9 Å². The maximum atomic E-state index is 11.8. The molecule has 0 unspecified atom stereocenters. The number of carbonyl (C=O) groups is 1. The molecule has 1 amide bonds. The molecule has 22 heavy (non-hydrogen) atoms. The first-order valence-corrected chi connectivity index (χ1v) is 7.70. The fraction of sp³-hybridized carbons (Fsp3) is 0.412. The van der Waals surface area contributed by atoms with Gasteiger partial charge in [-0.25, -0.2) is 4.98 Å². The molecule has 3 rings (SSSR count). The average Bonchev–Trinajstić information content (AvgIpc) is 3.26. The lowest BCUT2D eigenvalue weighted by molar-refractivity contribution is -0.123. The van der Waals surface area contributed by atoms with Crippen LogP contribution in [0.1, 0.15) is 30.1 Å². The molecule has 0 atom stereocenters. The zero-order chi connectivity index (χ0) is 15.4. The standard InChI is InChI=1S/C17H21N3O2/c1-13-4-2-3-5-15(13)22-12-16(21)18-8-10-20-11-9-19-17(20)14-6-7-14/h2-5,9,11,14H,6-8,10,12H2,1H3,(H,18,21). The summed E-state index contributed by atoms with van der Waals surface area (Å²) in [5, 5.41) is 2.88. The third-order valence-electron chi connectivity index (χ3n) is 3.82. The fourth-order valence-corrected chi connectivity index (χ4v) is 2.44. The Morgan fingerprint density at radius 2 is 2.23 bits per heavy atom. The third-order valence-corrected chi connectivity index (χ3v) is 3.82. The zero-order valence-electron chi connectivity index (χ0n) is 12.8. The Hall–Kier alpha value is -2.30. The maximum absolute atomic E-state index is 11.8. The average molecular weight is 299 g/mol. The van der Waals surface area contributed by atoms with Crippen LogP contribution in [0.15, 0.2) is 36.7 Å². The lowest BCUT2D eigenvalue weighted by Crippen LogP contribution is -2.31. The van der Waals surface area contributed by atoms with E-state index in [9.17, 15) is 4.79 Å². The molecule has 1 aliphatic carbocycles. The van der Waals surface area contributed by atoms with Crippen molar-refractivity contribution in [1.29, 1.82) is 0 Å². The summed E-state index contributed by atoms with van der Waals surface area (Å²) in [5.74, 6) is 2.42. The lowest BCUT2D eigenvalue weighted by atomic mass is 10.2. The van der Waals surface area contributed by atoms with Crippen molar-refractivity contribution in [3.8, 4) is 5.75 Å². The van der Waals surface area contributed by atoms with Crippen molar-refractivity contribution in [2.75, 3.05) is 13.2 Å². The van der Waals surface area contributed by atoms with Crippen molar-refractivity contribution < 1.29 is 9.53 Å². The van der Waals surface area contributed by atoms with Crippen LogP contribution in [0.4, 0.5) is 0 Å². The molecular weight excluding hydrogens is 278 g/mol. The molecule has 5 heteroatoms. The van der Waals surface area contributed by atoms with Gasteiger partial charge in [0.05, 0.1) is 0 Å². The first-order chi connectivity index (χ1) is 10.7. The maximum Gasteiger partial charge on any atom is 0.258 e. The number of para-hydroxylation sites is 1. The predicted molar refractivity (Wildman–Crippen MR) is 83.9 cm³/mol. The number of hydrogen-bond acceptors (Lipinski definition) is 3. The minimum atomic E-state index is -0.101. The summed E-state index contributed by atoms with van der Waals surface area (Å²) in [6.07, 6.45) is 6.27. The number of aryl methyl sites for hydroxylation is 1. The summed E-state index contributed by atoms with van der Waals surface area (Å²) in [4.78, 5) is 16.2. The summed E-state index contributed by atoms with van der Waals surface area (Å²) in [6, 6.07) is 7.69. The van der Waals surface area contributed by atoms with Gasteiger partial charge in [0, 0.05) is 31.4 Å². The molecule has 0 bridgehead atoms. The summed E-state index contributed by atoms with van der Waals surface area (Å²) in [6.45, 7) is 3.35. The van der Waals surface area contributed by atoms with Crippen LogP contribution in [-0.4, -0.2) is 28.6 Å². The van der Waals surface area contributed by atoms with E-state index in [1.165, 1.54) is 12.8 Å². The van der Waals surface area contributed by atoms with Crippen LogP contribution in [0.2, 0.25) is 0 Å². The normalized spacial score (nSPS) is 13.9. The van der Waals surface area contributed by atoms with E-state index in [1.54, 1.807) is 0 Å². The first-order valence-electron chi connectivity index (χ1n) is 7.70. The number of aromatic nitrogens is 2. The van der Waals surface area contributed by atoms with Gasteiger partial charge in [0.25, 0.3) is 5.91 Å². The number of nitrogens with zero attached hydrogens (tertiary/aromatic N) is 2. The van der Waals surface area contributed by atoms with Crippen LogP contribution in [-0.2, 0) is 11.3 Å². The number of amides is 1. The van der Waals surface area contributed by atoms with E-state index < -0.39 is 0 Å². The van der Waals surface area contributed by atoms with Gasteiger partial charge >= 0.3 is 0 Å². The molecule has 0 spiro atoms. The van der Waals surface area contributed by atoms with Crippen molar-refractivity contribution in [3.05, 3.63) is 48.0 Å². The van der Waals surface area contributed by atoms with E-state index >= 15 is 0 Å². The number of imidazole rings is 1. The predicted octanol–water partition coefficient (Wildman–Crippen LogP) is 2.26. The molecule has 2 aromatic rings. The molecule has 1 aromatic heterocycles. The Labute approximate surface area is 130 Å². The molecule has 1 saturated carbocycles. The molecule has 1 N–H and O–H groups in total. The van der Waals surface area contributed by atoms with Gasteiger partial charge in [0.2, 0.25) is 0 Å². The monoisotopic (exact) mass is 299 g/mol. The largest absolute Gasteiger partial charge is 0.484 e. The Balaban J connectivity index is 1.41. The first kappa shape index (κ1) is 14.6. The van der Waals surface area contributed by atoms with Gasteiger partial charge in [0.15, 0.2) is 6.61 Å². The highest BCUT2D eigenvalue weighted by Gasteiger charge is 2.27. The van der Waals surface area contributed by atoms with E-state index in [0.717, 1.165) is 23.7 Å². The Bertz CT molecular complexity index is 647. The molecule has 1 aromatic carbocycles. The van der Waals surface area contributed by atoms with E-state index in [0.29, 0.717) is 12.5 Å². The van der Waals surface area contributed by atoms with Crippen LogP contribution in [0, 0.1) is 6.92 Å². The molecular formula is C17H21N3O2. The number of ether oxygens (including phenoxy) is 1.